The largest absolute Gasteiger partial charge is 0.374 e. The molecule has 1 heterocycles. The van der Waals surface area contributed by atoms with E-state index in [1.165, 1.54) is 22.7 Å². The van der Waals surface area contributed by atoms with E-state index in [4.69, 9.17) is 23.8 Å². The molecule has 1 aliphatic carbocycles. The molecule has 0 fully saturated rings. The first-order chi connectivity index (χ1) is 11.0. The average molecular weight is 371 g/mol. The Labute approximate surface area is 149 Å². The third-order valence-electron chi connectivity index (χ3n) is 4.11. The van der Waals surface area contributed by atoms with Gasteiger partial charge >= 0.3 is 0 Å². The van der Waals surface area contributed by atoms with Gasteiger partial charge in [-0.15, -0.1) is 0 Å². The molecule has 1 aliphatic heterocycles. The highest BCUT2D eigenvalue weighted by atomic mass is 35.5. The van der Waals surface area contributed by atoms with E-state index in [0.29, 0.717) is 9.34 Å². The van der Waals surface area contributed by atoms with Gasteiger partial charge in [-0.25, -0.2) is 4.39 Å². The highest BCUT2D eigenvalue weighted by Crippen LogP contribution is 2.44. The minimum atomic E-state index is -0.494. The molecule has 1 amide bonds. The van der Waals surface area contributed by atoms with E-state index < -0.39 is 5.82 Å². The number of benzene rings is 1. The lowest BCUT2D eigenvalue weighted by Crippen LogP contribution is -2.36. The molecule has 3 nitrogen and oxygen atoms in total. The SMILES string of the molecule is CNC(=S)SC1C2=C(CCCC2)C(=O)N1c1ccc(Cl)cc1F. The molecular formula is C16H16ClFN2OS2. The number of hydrogen-bond acceptors (Lipinski definition) is 3. The van der Waals surface area contributed by atoms with E-state index in [1.807, 2.05) is 0 Å². The van der Waals surface area contributed by atoms with Crippen molar-refractivity contribution in [2.24, 2.45) is 0 Å². The molecule has 23 heavy (non-hydrogen) atoms. The van der Waals surface area contributed by atoms with E-state index in [9.17, 15) is 9.18 Å². The van der Waals surface area contributed by atoms with Crippen molar-refractivity contribution in [2.45, 2.75) is 31.1 Å². The van der Waals surface area contributed by atoms with Crippen molar-refractivity contribution in [3.05, 3.63) is 40.2 Å². The van der Waals surface area contributed by atoms with Gasteiger partial charge in [0.05, 0.1) is 5.69 Å². The van der Waals surface area contributed by atoms with Gasteiger partial charge in [-0.2, -0.15) is 0 Å². The fourth-order valence-corrected chi connectivity index (χ4v) is 4.52. The lowest BCUT2D eigenvalue weighted by Gasteiger charge is -2.27. The maximum atomic E-state index is 14.4. The monoisotopic (exact) mass is 370 g/mol. The van der Waals surface area contributed by atoms with Gasteiger partial charge < -0.3 is 5.32 Å². The maximum Gasteiger partial charge on any atom is 0.255 e. The van der Waals surface area contributed by atoms with Crippen molar-refractivity contribution in [1.29, 1.82) is 0 Å². The fraction of sp³-hybridized carbons (Fsp3) is 0.375. The molecule has 1 aromatic carbocycles. The number of anilines is 1. The molecule has 3 rings (SSSR count). The van der Waals surface area contributed by atoms with Gasteiger partial charge in [0.25, 0.3) is 5.91 Å². The van der Waals surface area contributed by atoms with Crippen LogP contribution in [0.2, 0.25) is 5.02 Å². The molecule has 0 spiro atoms. The summed E-state index contributed by atoms with van der Waals surface area (Å²) in [5, 5.41) is 2.94. The lowest BCUT2D eigenvalue weighted by atomic mass is 9.94. The van der Waals surface area contributed by atoms with Crippen LogP contribution < -0.4 is 10.2 Å². The van der Waals surface area contributed by atoms with Crippen LogP contribution in [0.1, 0.15) is 25.7 Å². The second-order valence-corrected chi connectivity index (χ2v) is 7.68. The van der Waals surface area contributed by atoms with Gasteiger partial charge in [0.1, 0.15) is 15.5 Å². The first-order valence-corrected chi connectivity index (χ1v) is 9.08. The Bertz CT molecular complexity index is 707. The molecule has 1 aromatic rings. The predicted molar refractivity (Wildman–Crippen MR) is 97.4 cm³/mol. The van der Waals surface area contributed by atoms with Crippen LogP contribution in [0.4, 0.5) is 10.1 Å². The Morgan fingerprint density at radius 3 is 2.87 bits per heavy atom. The summed E-state index contributed by atoms with van der Waals surface area (Å²) < 4.78 is 15.0. The normalized spacial score (nSPS) is 20.7. The summed E-state index contributed by atoms with van der Waals surface area (Å²) in [4.78, 5) is 14.4. The van der Waals surface area contributed by atoms with Gasteiger partial charge in [-0.1, -0.05) is 35.6 Å². The lowest BCUT2D eigenvalue weighted by molar-refractivity contribution is -0.114. The summed E-state index contributed by atoms with van der Waals surface area (Å²) in [6.45, 7) is 0. The van der Waals surface area contributed by atoms with Gasteiger partial charge in [0, 0.05) is 17.6 Å². The predicted octanol–water partition coefficient (Wildman–Crippen LogP) is 4.26. The van der Waals surface area contributed by atoms with Crippen LogP contribution in [0.25, 0.3) is 0 Å². The van der Waals surface area contributed by atoms with Crippen LogP contribution in [0.3, 0.4) is 0 Å². The quantitative estimate of drug-likeness (QED) is 0.788. The zero-order valence-corrected chi connectivity index (χ0v) is 15.0. The van der Waals surface area contributed by atoms with Crippen LogP contribution in [0, 0.1) is 5.82 Å². The Morgan fingerprint density at radius 2 is 2.17 bits per heavy atom. The van der Waals surface area contributed by atoms with E-state index >= 15 is 0 Å². The Morgan fingerprint density at radius 1 is 1.43 bits per heavy atom. The Balaban J connectivity index is 2.03. The van der Waals surface area contributed by atoms with Crippen molar-refractivity contribution in [3.63, 3.8) is 0 Å². The first kappa shape index (κ1) is 16.7. The third kappa shape index (κ3) is 3.12. The molecule has 0 saturated heterocycles. The fourth-order valence-electron chi connectivity index (χ4n) is 3.05. The molecule has 0 bridgehead atoms. The van der Waals surface area contributed by atoms with Gasteiger partial charge in [-0.05, 0) is 49.5 Å². The van der Waals surface area contributed by atoms with Crippen LogP contribution in [0.5, 0.6) is 0 Å². The zero-order valence-electron chi connectivity index (χ0n) is 12.6. The van der Waals surface area contributed by atoms with Crippen molar-refractivity contribution in [2.75, 3.05) is 11.9 Å². The number of carbonyl (C=O) groups excluding carboxylic acids is 1. The van der Waals surface area contributed by atoms with E-state index in [-0.39, 0.29) is 17.0 Å². The van der Waals surface area contributed by atoms with Crippen LogP contribution in [-0.2, 0) is 4.79 Å². The van der Waals surface area contributed by atoms with Crippen LogP contribution >= 0.6 is 35.6 Å². The number of nitrogens with zero attached hydrogens (tertiary/aromatic N) is 1. The number of nitrogens with one attached hydrogen (secondary N) is 1. The minimum Gasteiger partial charge on any atom is -0.374 e. The number of halogens is 2. The smallest absolute Gasteiger partial charge is 0.255 e. The van der Waals surface area contributed by atoms with Crippen molar-refractivity contribution >= 4 is 51.5 Å². The molecule has 1 atom stereocenters. The zero-order chi connectivity index (χ0) is 16.6. The molecule has 0 aromatic heterocycles. The summed E-state index contributed by atoms with van der Waals surface area (Å²) in [5.74, 6) is -0.607. The summed E-state index contributed by atoms with van der Waals surface area (Å²) in [6.07, 6.45) is 3.65. The van der Waals surface area contributed by atoms with E-state index in [0.717, 1.165) is 36.8 Å². The molecule has 2 aliphatic rings. The molecule has 122 valence electrons. The molecule has 7 heteroatoms. The second-order valence-electron chi connectivity index (χ2n) is 5.49. The summed E-state index contributed by atoms with van der Waals surface area (Å²) in [6, 6.07) is 4.40. The van der Waals surface area contributed by atoms with Crippen molar-refractivity contribution in [3.8, 4) is 0 Å². The molecule has 0 saturated carbocycles. The van der Waals surface area contributed by atoms with E-state index in [2.05, 4.69) is 5.32 Å². The maximum absolute atomic E-state index is 14.4. The summed E-state index contributed by atoms with van der Waals surface area (Å²) >= 11 is 12.5. The highest BCUT2D eigenvalue weighted by Gasteiger charge is 2.42. The second kappa shape index (κ2) is 6.79. The molecular weight excluding hydrogens is 355 g/mol. The number of amides is 1. The Hall–Kier alpha value is -1.11. The van der Waals surface area contributed by atoms with Crippen molar-refractivity contribution in [1.82, 2.24) is 5.32 Å². The molecule has 1 unspecified atom stereocenters. The van der Waals surface area contributed by atoms with Crippen LogP contribution in [-0.4, -0.2) is 22.6 Å². The molecule has 1 N–H and O–H groups in total. The van der Waals surface area contributed by atoms with Gasteiger partial charge in [-0.3, -0.25) is 9.69 Å². The molecule has 0 radical (unpaired) electrons. The summed E-state index contributed by atoms with van der Waals surface area (Å²) in [7, 11) is 1.75. The number of hydrogen-bond donors (Lipinski definition) is 1. The number of rotatable bonds is 2. The van der Waals surface area contributed by atoms with Gasteiger partial charge in [0.2, 0.25) is 0 Å². The number of thioether (sulfide) groups is 1. The van der Waals surface area contributed by atoms with E-state index in [1.54, 1.807) is 19.2 Å². The number of thiocarbonyl (C=S) groups is 1. The Kier molecular flexibility index (Phi) is 4.94. The van der Waals surface area contributed by atoms with Gasteiger partial charge in [0.15, 0.2) is 0 Å². The topological polar surface area (TPSA) is 32.3 Å². The minimum absolute atomic E-state index is 0.114. The highest BCUT2D eigenvalue weighted by molar-refractivity contribution is 8.23. The van der Waals surface area contributed by atoms with Crippen LogP contribution in [0.15, 0.2) is 29.3 Å². The average Bonchev–Trinajstić information content (AvgIpc) is 2.81. The third-order valence-corrected chi connectivity index (χ3v) is 5.98. The summed E-state index contributed by atoms with van der Waals surface area (Å²) in [5.41, 5.74) is 2.16. The first-order valence-electron chi connectivity index (χ1n) is 7.42. The van der Waals surface area contributed by atoms with Crippen molar-refractivity contribution < 1.29 is 9.18 Å². The number of carbonyl (C=O) groups is 1. The standard InChI is InChI=1S/C16H16ClFN2OS2/c1-19-16(22)23-15-11-5-3-2-4-10(11)14(21)20(15)13-7-6-9(17)8-12(13)18/h6-8,15H,2-5H2,1H3,(H,19,22).